The van der Waals surface area contributed by atoms with Crippen LogP contribution in [-0.2, 0) is 17.9 Å². The van der Waals surface area contributed by atoms with Crippen molar-refractivity contribution in [3.8, 4) is 5.75 Å². The number of methoxy groups -OCH3 is 1. The standard InChI is InChI=1S/C17H19N3O3S/c1-11-7-19-17-20(16(11)22)9-13(10-24-17)15(21)18-8-12-5-3-4-6-14(12)23-2/h3-7,13H,8-10H2,1-2H3,(H,18,21)/t13-/m0/s1. The molecule has 0 fully saturated rings. The molecule has 1 aromatic carbocycles. The van der Waals surface area contributed by atoms with Crippen molar-refractivity contribution in [1.29, 1.82) is 0 Å². The Morgan fingerprint density at radius 1 is 1.46 bits per heavy atom. The van der Waals surface area contributed by atoms with Crippen molar-refractivity contribution in [2.24, 2.45) is 5.92 Å². The van der Waals surface area contributed by atoms with Crippen molar-refractivity contribution >= 4 is 17.7 Å². The molecule has 6 nitrogen and oxygen atoms in total. The van der Waals surface area contributed by atoms with Crippen LogP contribution >= 0.6 is 11.8 Å². The molecule has 0 unspecified atom stereocenters. The van der Waals surface area contributed by atoms with Crippen molar-refractivity contribution in [1.82, 2.24) is 14.9 Å². The summed E-state index contributed by atoms with van der Waals surface area (Å²) in [5.41, 5.74) is 1.44. The number of nitrogens with one attached hydrogen (secondary N) is 1. The molecule has 1 aliphatic heterocycles. The van der Waals surface area contributed by atoms with Crippen LogP contribution in [0, 0.1) is 12.8 Å². The van der Waals surface area contributed by atoms with Crippen molar-refractivity contribution in [2.45, 2.75) is 25.2 Å². The molecule has 1 amide bonds. The van der Waals surface area contributed by atoms with Gasteiger partial charge in [0, 0.05) is 36.2 Å². The van der Waals surface area contributed by atoms with E-state index in [0.717, 1.165) is 11.3 Å². The Labute approximate surface area is 144 Å². The van der Waals surface area contributed by atoms with E-state index in [1.807, 2.05) is 24.3 Å². The third kappa shape index (κ3) is 3.31. The Hall–Kier alpha value is -2.28. The molecule has 3 rings (SSSR count). The van der Waals surface area contributed by atoms with Gasteiger partial charge in [-0.05, 0) is 13.0 Å². The second kappa shape index (κ2) is 7.09. The molecular weight excluding hydrogens is 326 g/mol. The van der Waals surface area contributed by atoms with Gasteiger partial charge in [-0.15, -0.1) is 0 Å². The molecule has 1 N–H and O–H groups in total. The number of amides is 1. The molecule has 1 aliphatic rings. The van der Waals surface area contributed by atoms with Crippen LogP contribution in [0.1, 0.15) is 11.1 Å². The highest BCUT2D eigenvalue weighted by atomic mass is 32.2. The first-order chi connectivity index (χ1) is 11.6. The van der Waals surface area contributed by atoms with Gasteiger partial charge in [0.05, 0.1) is 13.0 Å². The minimum Gasteiger partial charge on any atom is -0.496 e. The van der Waals surface area contributed by atoms with Crippen LogP contribution in [0.2, 0.25) is 0 Å². The number of para-hydroxylation sites is 1. The van der Waals surface area contributed by atoms with E-state index in [1.54, 1.807) is 24.8 Å². The van der Waals surface area contributed by atoms with Crippen LogP contribution in [0.5, 0.6) is 5.75 Å². The van der Waals surface area contributed by atoms with Crippen LogP contribution < -0.4 is 15.6 Å². The van der Waals surface area contributed by atoms with E-state index in [4.69, 9.17) is 4.74 Å². The number of fused-ring (bicyclic) bond motifs is 1. The Morgan fingerprint density at radius 2 is 2.25 bits per heavy atom. The Kier molecular flexibility index (Phi) is 4.89. The molecular formula is C17H19N3O3S. The number of hydrogen-bond donors (Lipinski definition) is 1. The summed E-state index contributed by atoms with van der Waals surface area (Å²) in [6.45, 7) is 2.50. The van der Waals surface area contributed by atoms with Gasteiger partial charge < -0.3 is 10.1 Å². The fourth-order valence-electron chi connectivity index (χ4n) is 2.64. The first kappa shape index (κ1) is 16.6. The van der Waals surface area contributed by atoms with Gasteiger partial charge in [0.15, 0.2) is 5.16 Å². The van der Waals surface area contributed by atoms with E-state index in [0.29, 0.717) is 29.6 Å². The lowest BCUT2D eigenvalue weighted by Crippen LogP contribution is -2.40. The number of rotatable bonds is 4. The Bertz CT molecular complexity index is 819. The summed E-state index contributed by atoms with van der Waals surface area (Å²) in [6, 6.07) is 7.58. The number of hydrogen-bond acceptors (Lipinski definition) is 5. The van der Waals surface area contributed by atoms with E-state index in [9.17, 15) is 9.59 Å². The maximum absolute atomic E-state index is 12.5. The number of ether oxygens (including phenoxy) is 1. The summed E-state index contributed by atoms with van der Waals surface area (Å²) >= 11 is 1.44. The highest BCUT2D eigenvalue weighted by molar-refractivity contribution is 7.99. The van der Waals surface area contributed by atoms with Gasteiger partial charge in [-0.1, -0.05) is 30.0 Å². The molecule has 7 heteroatoms. The molecule has 0 saturated heterocycles. The maximum atomic E-state index is 12.5. The third-order valence-electron chi connectivity index (χ3n) is 4.01. The van der Waals surface area contributed by atoms with Crippen molar-refractivity contribution < 1.29 is 9.53 Å². The van der Waals surface area contributed by atoms with Crippen LogP contribution in [-0.4, -0.2) is 28.3 Å². The van der Waals surface area contributed by atoms with Crippen molar-refractivity contribution in [2.75, 3.05) is 12.9 Å². The molecule has 24 heavy (non-hydrogen) atoms. The van der Waals surface area contributed by atoms with Crippen LogP contribution in [0.15, 0.2) is 40.4 Å². The zero-order valence-electron chi connectivity index (χ0n) is 13.6. The number of aryl methyl sites for hydroxylation is 1. The highest BCUT2D eigenvalue weighted by Gasteiger charge is 2.26. The third-order valence-corrected chi connectivity index (χ3v) is 5.17. The summed E-state index contributed by atoms with van der Waals surface area (Å²) in [6.07, 6.45) is 1.59. The monoisotopic (exact) mass is 345 g/mol. The first-order valence-electron chi connectivity index (χ1n) is 7.69. The molecule has 2 aromatic rings. The second-order valence-electron chi connectivity index (χ2n) is 5.68. The average Bonchev–Trinajstić information content (AvgIpc) is 2.62. The van der Waals surface area contributed by atoms with Gasteiger partial charge in [0.2, 0.25) is 5.91 Å². The normalized spacial score (nSPS) is 16.3. The predicted molar refractivity (Wildman–Crippen MR) is 92.3 cm³/mol. The van der Waals surface area contributed by atoms with E-state index in [1.165, 1.54) is 11.8 Å². The molecule has 0 radical (unpaired) electrons. The van der Waals surface area contributed by atoms with Crippen LogP contribution in [0.3, 0.4) is 0 Å². The number of carbonyl (C=O) groups is 1. The number of carbonyl (C=O) groups excluding carboxylic acids is 1. The van der Waals surface area contributed by atoms with E-state index < -0.39 is 0 Å². The zero-order valence-corrected chi connectivity index (χ0v) is 14.4. The van der Waals surface area contributed by atoms with E-state index in [2.05, 4.69) is 10.3 Å². The number of nitrogens with zero attached hydrogens (tertiary/aromatic N) is 2. The molecule has 0 aliphatic carbocycles. The fourth-order valence-corrected chi connectivity index (χ4v) is 3.68. The lowest BCUT2D eigenvalue weighted by molar-refractivity contribution is -0.125. The smallest absolute Gasteiger partial charge is 0.257 e. The zero-order chi connectivity index (χ0) is 17.1. The molecule has 1 aromatic heterocycles. The first-order valence-corrected chi connectivity index (χ1v) is 8.67. The SMILES string of the molecule is COc1ccccc1CNC(=O)[C@@H]1CSc2ncc(C)c(=O)n2C1. The van der Waals surface area contributed by atoms with Crippen LogP contribution in [0.25, 0.3) is 0 Å². The van der Waals surface area contributed by atoms with Crippen molar-refractivity contribution in [3.63, 3.8) is 0 Å². The summed E-state index contributed by atoms with van der Waals surface area (Å²) in [5.74, 6) is 1.05. The second-order valence-corrected chi connectivity index (χ2v) is 6.66. The summed E-state index contributed by atoms with van der Waals surface area (Å²) in [5, 5.41) is 3.62. The lowest BCUT2D eigenvalue weighted by atomic mass is 10.1. The quantitative estimate of drug-likeness (QED) is 0.852. The highest BCUT2D eigenvalue weighted by Crippen LogP contribution is 2.25. The maximum Gasteiger partial charge on any atom is 0.257 e. The largest absolute Gasteiger partial charge is 0.496 e. The molecule has 0 saturated carbocycles. The van der Waals surface area contributed by atoms with Gasteiger partial charge in [0.1, 0.15) is 5.75 Å². The lowest BCUT2D eigenvalue weighted by Gasteiger charge is -2.24. The van der Waals surface area contributed by atoms with Gasteiger partial charge in [-0.3, -0.25) is 14.2 Å². The Balaban J connectivity index is 1.68. The number of benzene rings is 1. The minimum absolute atomic E-state index is 0.0625. The molecule has 2 heterocycles. The molecule has 0 spiro atoms. The van der Waals surface area contributed by atoms with Gasteiger partial charge in [-0.2, -0.15) is 0 Å². The Morgan fingerprint density at radius 3 is 3.04 bits per heavy atom. The fraction of sp³-hybridized carbons (Fsp3) is 0.353. The predicted octanol–water partition coefficient (Wildman–Crippen LogP) is 1.60. The van der Waals surface area contributed by atoms with E-state index in [-0.39, 0.29) is 17.4 Å². The molecule has 0 bridgehead atoms. The summed E-state index contributed by atoms with van der Waals surface area (Å²) in [4.78, 5) is 28.9. The number of aromatic nitrogens is 2. The topological polar surface area (TPSA) is 73.2 Å². The van der Waals surface area contributed by atoms with Gasteiger partial charge in [-0.25, -0.2) is 4.98 Å². The molecule has 1 atom stereocenters. The van der Waals surface area contributed by atoms with Crippen molar-refractivity contribution in [3.05, 3.63) is 51.9 Å². The minimum atomic E-state index is -0.251. The van der Waals surface area contributed by atoms with E-state index >= 15 is 0 Å². The van der Waals surface area contributed by atoms with Crippen LogP contribution in [0.4, 0.5) is 0 Å². The van der Waals surface area contributed by atoms with Gasteiger partial charge in [0.25, 0.3) is 5.56 Å². The molecule has 126 valence electrons. The summed E-state index contributed by atoms with van der Waals surface area (Å²) < 4.78 is 6.88. The summed E-state index contributed by atoms with van der Waals surface area (Å²) in [7, 11) is 1.61. The van der Waals surface area contributed by atoms with Gasteiger partial charge >= 0.3 is 0 Å². The number of thioether (sulfide) groups is 1. The average molecular weight is 345 g/mol.